The summed E-state index contributed by atoms with van der Waals surface area (Å²) in [6.07, 6.45) is 7.79. The molecule has 7 heteroatoms. The van der Waals surface area contributed by atoms with Crippen molar-refractivity contribution >= 4 is 27.5 Å². The SMILES string of the molecule is C=C/C(=C\C(=C/C)c1ccc2[nH]nc(-c3cc4c(-c5ccc(F)cc5)nccc4[nH]3)c2n1)CN(C)C. The fraction of sp³-hybridized carbons (Fsp3) is 0.138. The monoisotopic (exact) mass is 478 g/mol. The predicted octanol–water partition coefficient (Wildman–Crippen LogP) is 6.38. The summed E-state index contributed by atoms with van der Waals surface area (Å²) >= 11 is 0. The highest BCUT2D eigenvalue weighted by molar-refractivity contribution is 5.99. The topological polar surface area (TPSA) is 73.5 Å². The minimum Gasteiger partial charge on any atom is -0.353 e. The van der Waals surface area contributed by atoms with Gasteiger partial charge in [-0.15, -0.1) is 0 Å². The van der Waals surface area contributed by atoms with Crippen LogP contribution in [0.1, 0.15) is 12.6 Å². The zero-order valence-electron chi connectivity index (χ0n) is 20.5. The molecule has 4 aromatic heterocycles. The van der Waals surface area contributed by atoms with Gasteiger partial charge < -0.3 is 9.88 Å². The van der Waals surface area contributed by atoms with Gasteiger partial charge in [0.1, 0.15) is 17.0 Å². The first-order valence-corrected chi connectivity index (χ1v) is 11.7. The third kappa shape index (κ3) is 4.48. The van der Waals surface area contributed by atoms with Crippen LogP contribution < -0.4 is 0 Å². The number of hydrogen-bond acceptors (Lipinski definition) is 4. The van der Waals surface area contributed by atoms with Crippen molar-refractivity contribution in [3.63, 3.8) is 0 Å². The lowest BCUT2D eigenvalue weighted by Gasteiger charge is -2.11. The van der Waals surface area contributed by atoms with Crippen LogP contribution in [0.2, 0.25) is 0 Å². The first-order valence-electron chi connectivity index (χ1n) is 11.7. The summed E-state index contributed by atoms with van der Waals surface area (Å²) in [5.41, 5.74) is 8.70. The molecule has 0 saturated carbocycles. The molecular formula is C29H27FN6. The molecule has 180 valence electrons. The molecule has 0 aliphatic rings. The van der Waals surface area contributed by atoms with E-state index in [9.17, 15) is 4.39 Å². The molecule has 36 heavy (non-hydrogen) atoms. The maximum Gasteiger partial charge on any atom is 0.135 e. The molecule has 0 amide bonds. The Morgan fingerprint density at radius 1 is 1.06 bits per heavy atom. The Morgan fingerprint density at radius 3 is 2.58 bits per heavy atom. The Bertz CT molecular complexity index is 1620. The van der Waals surface area contributed by atoms with Gasteiger partial charge in [-0.1, -0.05) is 18.7 Å². The second-order valence-corrected chi connectivity index (χ2v) is 8.88. The molecule has 0 saturated heterocycles. The van der Waals surface area contributed by atoms with Gasteiger partial charge in [-0.05, 0) is 86.8 Å². The van der Waals surface area contributed by atoms with Crippen LogP contribution in [0, 0.1) is 5.82 Å². The van der Waals surface area contributed by atoms with Crippen LogP contribution >= 0.6 is 0 Å². The van der Waals surface area contributed by atoms with Crippen molar-refractivity contribution in [3.8, 4) is 22.6 Å². The lowest BCUT2D eigenvalue weighted by Crippen LogP contribution is -2.14. The van der Waals surface area contributed by atoms with Crippen LogP contribution in [-0.2, 0) is 0 Å². The molecule has 0 atom stereocenters. The Kier molecular flexibility index (Phi) is 6.31. The summed E-state index contributed by atoms with van der Waals surface area (Å²) < 4.78 is 13.5. The number of nitrogens with one attached hydrogen (secondary N) is 2. The Hall–Kier alpha value is -4.36. The van der Waals surface area contributed by atoms with Crippen LogP contribution in [0.4, 0.5) is 4.39 Å². The summed E-state index contributed by atoms with van der Waals surface area (Å²) in [7, 11) is 4.07. The number of aromatic amines is 2. The predicted molar refractivity (Wildman–Crippen MR) is 145 cm³/mol. The first-order chi connectivity index (χ1) is 17.5. The number of rotatable bonds is 7. The Balaban J connectivity index is 1.58. The molecule has 0 spiro atoms. The van der Waals surface area contributed by atoms with E-state index in [-0.39, 0.29) is 5.82 Å². The van der Waals surface area contributed by atoms with Crippen LogP contribution in [-0.4, -0.2) is 50.7 Å². The number of halogens is 1. The number of pyridine rings is 2. The van der Waals surface area contributed by atoms with Crippen molar-refractivity contribution in [2.24, 2.45) is 0 Å². The molecule has 0 bridgehead atoms. The van der Waals surface area contributed by atoms with E-state index in [0.29, 0.717) is 0 Å². The van der Waals surface area contributed by atoms with Gasteiger partial charge in [0.25, 0.3) is 0 Å². The third-order valence-electron chi connectivity index (χ3n) is 6.04. The maximum atomic E-state index is 13.5. The molecule has 5 rings (SSSR count). The second kappa shape index (κ2) is 9.71. The van der Waals surface area contributed by atoms with E-state index in [1.807, 2.05) is 51.4 Å². The van der Waals surface area contributed by atoms with Gasteiger partial charge >= 0.3 is 0 Å². The quantitative estimate of drug-likeness (QED) is 0.266. The largest absolute Gasteiger partial charge is 0.353 e. The van der Waals surface area contributed by atoms with Crippen molar-refractivity contribution in [2.45, 2.75) is 6.92 Å². The summed E-state index contributed by atoms with van der Waals surface area (Å²) in [4.78, 5) is 15.1. The van der Waals surface area contributed by atoms with E-state index >= 15 is 0 Å². The highest BCUT2D eigenvalue weighted by Crippen LogP contribution is 2.33. The fourth-order valence-corrected chi connectivity index (χ4v) is 4.31. The average molecular weight is 479 g/mol. The lowest BCUT2D eigenvalue weighted by molar-refractivity contribution is 0.449. The van der Waals surface area contributed by atoms with Crippen molar-refractivity contribution in [1.29, 1.82) is 0 Å². The molecule has 0 unspecified atom stereocenters. The first kappa shape index (κ1) is 23.4. The number of hydrogen-bond donors (Lipinski definition) is 2. The molecule has 0 radical (unpaired) electrons. The minimum absolute atomic E-state index is 0.275. The number of likely N-dealkylation sites (N-methyl/N-ethyl adjacent to an activating group) is 1. The maximum absolute atomic E-state index is 13.5. The fourth-order valence-electron chi connectivity index (χ4n) is 4.31. The molecular weight excluding hydrogens is 451 g/mol. The van der Waals surface area contributed by atoms with Gasteiger partial charge in [-0.3, -0.25) is 10.1 Å². The Labute approximate surface area is 208 Å². The van der Waals surface area contributed by atoms with Crippen LogP contribution in [0.15, 0.2) is 85.1 Å². The standard InChI is InChI=1S/C29H27FN6/c1-5-18(17-36(3)4)15-19(6-2)23-11-12-25-28(33-23)29(35-34-25)26-16-22-24(32-26)13-14-31-27(22)20-7-9-21(30)10-8-20/h5-16,32H,1,17H2,2-4H3,(H,34,35)/b18-15+,19-6+. The molecule has 5 aromatic rings. The molecule has 0 aliphatic heterocycles. The summed E-state index contributed by atoms with van der Waals surface area (Å²) in [6.45, 7) is 6.76. The summed E-state index contributed by atoms with van der Waals surface area (Å²) in [5.74, 6) is -0.275. The number of benzene rings is 1. The highest BCUT2D eigenvalue weighted by Gasteiger charge is 2.16. The van der Waals surface area contributed by atoms with Gasteiger partial charge in [-0.25, -0.2) is 9.37 Å². The molecule has 0 aliphatic carbocycles. The number of H-pyrrole nitrogens is 2. The molecule has 6 nitrogen and oxygen atoms in total. The van der Waals surface area contributed by atoms with Crippen molar-refractivity contribution < 1.29 is 4.39 Å². The Morgan fingerprint density at radius 2 is 1.86 bits per heavy atom. The normalized spacial score (nSPS) is 12.7. The van der Waals surface area contributed by atoms with E-state index in [1.165, 1.54) is 12.1 Å². The molecule has 0 fully saturated rings. The second-order valence-electron chi connectivity index (χ2n) is 8.88. The lowest BCUT2D eigenvalue weighted by atomic mass is 10.1. The van der Waals surface area contributed by atoms with E-state index < -0.39 is 0 Å². The van der Waals surface area contributed by atoms with Gasteiger partial charge in [0.2, 0.25) is 0 Å². The van der Waals surface area contributed by atoms with E-state index in [1.54, 1.807) is 18.3 Å². The van der Waals surface area contributed by atoms with E-state index in [0.717, 1.165) is 68.0 Å². The average Bonchev–Trinajstić information content (AvgIpc) is 3.50. The number of nitrogens with zero attached hydrogens (tertiary/aromatic N) is 4. The number of allylic oxidation sites excluding steroid dienone is 3. The zero-order valence-corrected chi connectivity index (χ0v) is 20.5. The highest BCUT2D eigenvalue weighted by atomic mass is 19.1. The number of fused-ring (bicyclic) bond motifs is 2. The minimum atomic E-state index is -0.275. The van der Waals surface area contributed by atoms with E-state index in [2.05, 4.69) is 43.8 Å². The van der Waals surface area contributed by atoms with Gasteiger partial charge in [0.15, 0.2) is 0 Å². The van der Waals surface area contributed by atoms with Crippen LogP contribution in [0.25, 0.3) is 50.2 Å². The van der Waals surface area contributed by atoms with Gasteiger partial charge in [0, 0.05) is 29.2 Å². The number of aromatic nitrogens is 5. The summed E-state index contributed by atoms with van der Waals surface area (Å²) in [5, 5.41) is 8.60. The van der Waals surface area contributed by atoms with Gasteiger partial charge in [0.05, 0.1) is 22.6 Å². The smallest absolute Gasteiger partial charge is 0.135 e. The third-order valence-corrected chi connectivity index (χ3v) is 6.04. The van der Waals surface area contributed by atoms with Crippen molar-refractivity contribution in [3.05, 3.63) is 96.6 Å². The molecule has 4 heterocycles. The van der Waals surface area contributed by atoms with E-state index in [4.69, 9.17) is 4.98 Å². The zero-order chi connectivity index (χ0) is 25.2. The van der Waals surface area contributed by atoms with Crippen molar-refractivity contribution in [1.82, 2.24) is 30.0 Å². The van der Waals surface area contributed by atoms with Gasteiger partial charge in [-0.2, -0.15) is 5.10 Å². The van der Waals surface area contributed by atoms with Crippen molar-refractivity contribution in [2.75, 3.05) is 20.6 Å². The van der Waals surface area contributed by atoms with Crippen LogP contribution in [0.5, 0.6) is 0 Å². The summed E-state index contributed by atoms with van der Waals surface area (Å²) in [6, 6.07) is 14.3. The molecule has 1 aromatic carbocycles. The molecule has 2 N–H and O–H groups in total. The van der Waals surface area contributed by atoms with Crippen LogP contribution in [0.3, 0.4) is 0 Å².